The first-order valence-electron chi connectivity index (χ1n) is 11.5. The van der Waals surface area contributed by atoms with E-state index in [2.05, 4.69) is 5.32 Å². The topological polar surface area (TPSA) is 96.0 Å². The molecule has 188 valence electrons. The number of amides is 2. The number of nitrogens with one attached hydrogen (secondary N) is 1. The smallest absolute Gasteiger partial charge is 0.265 e. The third-order valence-corrected chi connectivity index (χ3v) is 7.97. The number of nitrogens with zero attached hydrogens (tertiary/aromatic N) is 2. The lowest BCUT2D eigenvalue weighted by Crippen LogP contribution is -2.38. The highest BCUT2D eigenvalue weighted by Gasteiger charge is 2.27. The minimum absolute atomic E-state index is 0.0519. The number of hydrogen-bond acceptors (Lipinski definition) is 5. The lowest BCUT2D eigenvalue weighted by molar-refractivity contribution is -0.121. The van der Waals surface area contributed by atoms with E-state index >= 15 is 0 Å². The monoisotopic (exact) mass is 511 g/mol. The second-order valence-corrected chi connectivity index (χ2v) is 10.0. The number of benzene rings is 3. The van der Waals surface area contributed by atoms with Crippen LogP contribution in [0.2, 0.25) is 0 Å². The largest absolute Gasteiger partial charge is 0.481 e. The molecule has 0 spiro atoms. The summed E-state index contributed by atoms with van der Waals surface area (Å²) in [6.07, 6.45) is 0. The van der Waals surface area contributed by atoms with Gasteiger partial charge in [0.2, 0.25) is 10.0 Å². The van der Waals surface area contributed by atoms with E-state index < -0.39 is 21.7 Å². The van der Waals surface area contributed by atoms with Gasteiger partial charge in [0.1, 0.15) is 11.6 Å². The van der Waals surface area contributed by atoms with Crippen molar-refractivity contribution in [2.45, 2.75) is 25.3 Å². The quantitative estimate of drug-likeness (QED) is 0.493. The fourth-order valence-corrected chi connectivity index (χ4v) is 5.40. The van der Waals surface area contributed by atoms with Gasteiger partial charge in [0.25, 0.3) is 11.8 Å². The van der Waals surface area contributed by atoms with Crippen molar-refractivity contribution < 1.29 is 27.1 Å². The first kappa shape index (κ1) is 25.3. The molecule has 10 heteroatoms. The predicted molar refractivity (Wildman–Crippen MR) is 134 cm³/mol. The van der Waals surface area contributed by atoms with E-state index in [-0.39, 0.29) is 29.5 Å². The molecule has 3 aromatic rings. The Kier molecular flexibility index (Phi) is 7.37. The zero-order valence-electron chi connectivity index (χ0n) is 19.9. The molecule has 0 aliphatic carbocycles. The summed E-state index contributed by atoms with van der Waals surface area (Å²) in [5, 5.41) is 2.75. The molecule has 36 heavy (non-hydrogen) atoms. The number of anilines is 2. The molecule has 3 aromatic carbocycles. The Balaban J connectivity index is 1.50. The molecule has 0 saturated heterocycles. The van der Waals surface area contributed by atoms with Crippen LogP contribution < -0.4 is 15.0 Å². The molecule has 2 amide bonds. The van der Waals surface area contributed by atoms with Crippen LogP contribution >= 0.6 is 0 Å². The van der Waals surface area contributed by atoms with Gasteiger partial charge in [-0.1, -0.05) is 32.0 Å². The Morgan fingerprint density at radius 3 is 2.42 bits per heavy atom. The third-order valence-electron chi connectivity index (χ3n) is 5.91. The van der Waals surface area contributed by atoms with E-state index in [0.29, 0.717) is 35.8 Å². The molecular weight excluding hydrogens is 485 g/mol. The van der Waals surface area contributed by atoms with Gasteiger partial charge in [-0.25, -0.2) is 12.8 Å². The van der Waals surface area contributed by atoms with Crippen molar-refractivity contribution in [3.8, 4) is 5.75 Å². The van der Waals surface area contributed by atoms with Crippen LogP contribution in [0.5, 0.6) is 5.75 Å². The Labute approximate surface area is 209 Å². The van der Waals surface area contributed by atoms with Gasteiger partial charge >= 0.3 is 0 Å². The summed E-state index contributed by atoms with van der Waals surface area (Å²) in [4.78, 5) is 26.8. The minimum atomic E-state index is -3.62. The summed E-state index contributed by atoms with van der Waals surface area (Å²) in [6, 6.07) is 16.8. The van der Waals surface area contributed by atoms with Crippen LogP contribution in [0.15, 0.2) is 71.6 Å². The second kappa shape index (κ2) is 10.5. The average Bonchev–Trinajstić information content (AvgIpc) is 2.87. The summed E-state index contributed by atoms with van der Waals surface area (Å²) < 4.78 is 46.3. The molecule has 0 atom stereocenters. The van der Waals surface area contributed by atoms with Crippen molar-refractivity contribution in [2.24, 2.45) is 0 Å². The van der Waals surface area contributed by atoms with Crippen molar-refractivity contribution in [2.75, 3.05) is 29.9 Å². The van der Waals surface area contributed by atoms with E-state index in [4.69, 9.17) is 4.74 Å². The van der Waals surface area contributed by atoms with Crippen LogP contribution in [-0.2, 0) is 21.4 Å². The van der Waals surface area contributed by atoms with Gasteiger partial charge in [-0.2, -0.15) is 4.31 Å². The van der Waals surface area contributed by atoms with Crippen molar-refractivity contribution in [3.63, 3.8) is 0 Å². The highest BCUT2D eigenvalue weighted by atomic mass is 32.2. The van der Waals surface area contributed by atoms with E-state index in [1.807, 2.05) is 0 Å². The lowest BCUT2D eigenvalue weighted by Gasteiger charge is -2.30. The summed E-state index contributed by atoms with van der Waals surface area (Å²) >= 11 is 0. The molecule has 1 N–H and O–H groups in total. The first-order valence-corrected chi connectivity index (χ1v) is 12.9. The number of carbonyl (C=O) groups is 2. The fraction of sp³-hybridized carbons (Fsp3) is 0.231. The molecule has 4 rings (SSSR count). The highest BCUT2D eigenvalue weighted by Crippen LogP contribution is 2.35. The van der Waals surface area contributed by atoms with Crippen LogP contribution in [-0.4, -0.2) is 44.2 Å². The van der Waals surface area contributed by atoms with Crippen LogP contribution in [0, 0.1) is 5.82 Å². The van der Waals surface area contributed by atoms with Crippen molar-refractivity contribution in [1.29, 1.82) is 0 Å². The van der Waals surface area contributed by atoms with Gasteiger partial charge in [-0.3, -0.25) is 9.59 Å². The first-order chi connectivity index (χ1) is 17.2. The predicted octanol–water partition coefficient (Wildman–Crippen LogP) is 4.03. The van der Waals surface area contributed by atoms with Gasteiger partial charge < -0.3 is 15.0 Å². The van der Waals surface area contributed by atoms with Crippen LogP contribution in [0.25, 0.3) is 0 Å². The highest BCUT2D eigenvalue weighted by molar-refractivity contribution is 7.89. The summed E-state index contributed by atoms with van der Waals surface area (Å²) in [5.74, 6) is -0.762. The summed E-state index contributed by atoms with van der Waals surface area (Å²) in [6.45, 7) is 4.08. The molecule has 1 aliphatic heterocycles. The second-order valence-electron chi connectivity index (χ2n) is 8.11. The molecule has 0 aromatic heterocycles. The number of hydrogen-bond donors (Lipinski definition) is 1. The standard InChI is InChI=1S/C26H26FN3O5S/c1-3-29(4-2)36(33,34)21-12-9-18(10-13-21)26(32)28-20-11-14-23-24(15-20)35-17-25(31)30(23)16-19-7-5-6-8-22(19)27/h5-15H,3-4,16-17H2,1-2H3,(H,28,32). The lowest BCUT2D eigenvalue weighted by atomic mass is 10.1. The maximum Gasteiger partial charge on any atom is 0.265 e. The molecule has 1 aliphatic rings. The molecule has 1 heterocycles. The van der Waals surface area contributed by atoms with Gasteiger partial charge in [0.05, 0.1) is 17.1 Å². The summed E-state index contributed by atoms with van der Waals surface area (Å²) in [7, 11) is -3.62. The van der Waals surface area contributed by atoms with Gasteiger partial charge in [0, 0.05) is 36.0 Å². The van der Waals surface area contributed by atoms with Crippen LogP contribution in [0.3, 0.4) is 0 Å². The van der Waals surface area contributed by atoms with Gasteiger partial charge in [-0.15, -0.1) is 0 Å². The van der Waals surface area contributed by atoms with E-state index in [9.17, 15) is 22.4 Å². The number of fused-ring (bicyclic) bond motifs is 1. The molecule has 0 fully saturated rings. The Bertz CT molecular complexity index is 1390. The Morgan fingerprint density at radius 1 is 1.06 bits per heavy atom. The maximum atomic E-state index is 14.1. The molecular formula is C26H26FN3O5S. The van der Waals surface area contributed by atoms with Crippen LogP contribution in [0.4, 0.5) is 15.8 Å². The molecule has 0 saturated carbocycles. The maximum absolute atomic E-state index is 14.1. The van der Waals surface area contributed by atoms with Crippen molar-refractivity contribution in [3.05, 3.63) is 83.7 Å². The number of sulfonamides is 1. The summed E-state index contributed by atoms with van der Waals surface area (Å²) in [5.41, 5.74) is 1.56. The van der Waals surface area contributed by atoms with Crippen LogP contribution in [0.1, 0.15) is 29.8 Å². The minimum Gasteiger partial charge on any atom is -0.481 e. The van der Waals surface area contributed by atoms with E-state index in [1.54, 1.807) is 50.2 Å². The number of ether oxygens (including phenoxy) is 1. The number of halogens is 1. The molecule has 8 nitrogen and oxygen atoms in total. The zero-order valence-corrected chi connectivity index (χ0v) is 20.7. The fourth-order valence-electron chi connectivity index (χ4n) is 3.95. The number of rotatable bonds is 8. The van der Waals surface area contributed by atoms with E-state index in [1.165, 1.54) is 39.5 Å². The van der Waals surface area contributed by atoms with E-state index in [0.717, 1.165) is 0 Å². The SMILES string of the molecule is CCN(CC)S(=O)(=O)c1ccc(C(=O)Nc2ccc3c(c2)OCC(=O)N3Cc2ccccc2F)cc1. The molecule has 0 radical (unpaired) electrons. The molecule has 0 unspecified atom stereocenters. The normalized spacial score (nSPS) is 13.3. The Morgan fingerprint density at radius 2 is 1.75 bits per heavy atom. The zero-order chi connectivity index (χ0) is 25.9. The third kappa shape index (κ3) is 5.09. The van der Waals surface area contributed by atoms with Crippen molar-refractivity contribution >= 4 is 33.2 Å². The van der Waals surface area contributed by atoms with Crippen molar-refractivity contribution in [1.82, 2.24) is 4.31 Å². The Hall–Kier alpha value is -3.76. The average molecular weight is 512 g/mol. The number of carbonyl (C=O) groups excluding carboxylic acids is 2. The molecule has 0 bridgehead atoms. The van der Waals surface area contributed by atoms with Gasteiger partial charge in [-0.05, 0) is 42.5 Å². The van der Waals surface area contributed by atoms with Gasteiger partial charge in [0.15, 0.2) is 6.61 Å².